The molecular formula is C29H32N4O3. The second kappa shape index (κ2) is 12.0. The van der Waals surface area contributed by atoms with E-state index in [1.54, 1.807) is 41.3 Å². The van der Waals surface area contributed by atoms with Gasteiger partial charge in [-0.05, 0) is 80.8 Å². The normalized spacial score (nSPS) is 13.1. The molecule has 0 radical (unpaired) electrons. The van der Waals surface area contributed by atoms with Crippen LogP contribution in [0.15, 0.2) is 78.9 Å². The summed E-state index contributed by atoms with van der Waals surface area (Å²) in [6, 6.07) is 23.7. The van der Waals surface area contributed by atoms with Gasteiger partial charge in [-0.25, -0.2) is 0 Å². The zero-order valence-electron chi connectivity index (χ0n) is 20.6. The Labute approximate surface area is 212 Å². The van der Waals surface area contributed by atoms with E-state index in [0.29, 0.717) is 23.4 Å². The first kappa shape index (κ1) is 25.0. The van der Waals surface area contributed by atoms with Crippen LogP contribution in [-0.4, -0.2) is 48.8 Å². The van der Waals surface area contributed by atoms with Gasteiger partial charge in [0.05, 0.1) is 6.54 Å². The van der Waals surface area contributed by atoms with Gasteiger partial charge in [-0.3, -0.25) is 14.4 Å². The van der Waals surface area contributed by atoms with E-state index < -0.39 is 0 Å². The van der Waals surface area contributed by atoms with E-state index in [2.05, 4.69) is 10.6 Å². The summed E-state index contributed by atoms with van der Waals surface area (Å²) in [5.41, 5.74) is 3.29. The van der Waals surface area contributed by atoms with Gasteiger partial charge in [-0.1, -0.05) is 24.3 Å². The van der Waals surface area contributed by atoms with Crippen molar-refractivity contribution in [3.05, 3.63) is 90.0 Å². The molecule has 0 unspecified atom stereocenters. The molecule has 7 heteroatoms. The van der Waals surface area contributed by atoms with Crippen LogP contribution in [-0.2, 0) is 4.79 Å². The Hall–Kier alpha value is -4.13. The number of carbonyl (C=O) groups excluding carboxylic acids is 3. The Bertz CT molecular complexity index is 1190. The van der Waals surface area contributed by atoms with Crippen LogP contribution in [0.3, 0.4) is 0 Å². The lowest BCUT2D eigenvalue weighted by Crippen LogP contribution is -2.35. The minimum absolute atomic E-state index is 0.0577. The lowest BCUT2D eigenvalue weighted by Gasteiger charge is -2.26. The standard InChI is InChI=1S/C29H32N4O3/c1-2-33(26-12-5-3-6-13-26)29(36)23-10-9-11-25(20-23)31-27(34)21-30-24-16-14-22(15-17-24)28(35)32-18-7-4-8-19-32/h3,5-6,9-17,20,30H,2,4,7-8,18-19,21H2,1H3,(H,31,34). The van der Waals surface area contributed by atoms with Crippen LogP contribution >= 0.6 is 0 Å². The summed E-state index contributed by atoms with van der Waals surface area (Å²) in [6.45, 7) is 4.15. The molecule has 1 saturated heterocycles. The summed E-state index contributed by atoms with van der Waals surface area (Å²) in [7, 11) is 0. The highest BCUT2D eigenvalue weighted by Crippen LogP contribution is 2.19. The molecule has 0 bridgehead atoms. The number of nitrogens with one attached hydrogen (secondary N) is 2. The quantitative estimate of drug-likeness (QED) is 0.470. The molecule has 1 aliphatic heterocycles. The molecule has 3 amide bonds. The number of benzene rings is 3. The number of nitrogens with zero attached hydrogens (tertiary/aromatic N) is 2. The topological polar surface area (TPSA) is 81.8 Å². The highest BCUT2D eigenvalue weighted by molar-refractivity contribution is 6.07. The maximum atomic E-state index is 13.1. The number of amides is 3. The SMILES string of the molecule is CCN(C(=O)c1cccc(NC(=O)CNc2ccc(C(=O)N3CCCCC3)cc2)c1)c1ccccc1. The number of hydrogen-bond donors (Lipinski definition) is 2. The predicted octanol–water partition coefficient (Wildman–Crippen LogP) is 5.03. The number of rotatable bonds is 8. The van der Waals surface area contributed by atoms with Crippen LogP contribution in [0, 0.1) is 0 Å². The van der Waals surface area contributed by atoms with E-state index in [9.17, 15) is 14.4 Å². The third kappa shape index (κ3) is 6.30. The van der Waals surface area contributed by atoms with E-state index >= 15 is 0 Å². The molecule has 0 aromatic heterocycles. The Morgan fingerprint density at radius 3 is 2.22 bits per heavy atom. The molecule has 0 aliphatic carbocycles. The average molecular weight is 485 g/mol. The van der Waals surface area contributed by atoms with Crippen LogP contribution in [0.25, 0.3) is 0 Å². The van der Waals surface area contributed by atoms with E-state index in [-0.39, 0.29) is 24.3 Å². The first-order chi connectivity index (χ1) is 17.5. The Morgan fingerprint density at radius 2 is 1.53 bits per heavy atom. The fourth-order valence-corrected chi connectivity index (χ4v) is 4.33. The lowest BCUT2D eigenvalue weighted by atomic mass is 10.1. The van der Waals surface area contributed by atoms with Crippen molar-refractivity contribution < 1.29 is 14.4 Å². The summed E-state index contributed by atoms with van der Waals surface area (Å²) in [6.07, 6.45) is 3.29. The summed E-state index contributed by atoms with van der Waals surface area (Å²) >= 11 is 0. The number of para-hydroxylation sites is 1. The Balaban J connectivity index is 1.32. The third-order valence-corrected chi connectivity index (χ3v) is 6.25. The van der Waals surface area contributed by atoms with Gasteiger partial charge in [-0.2, -0.15) is 0 Å². The highest BCUT2D eigenvalue weighted by Gasteiger charge is 2.18. The van der Waals surface area contributed by atoms with Crippen molar-refractivity contribution >= 4 is 34.8 Å². The zero-order valence-corrected chi connectivity index (χ0v) is 20.6. The lowest BCUT2D eigenvalue weighted by molar-refractivity contribution is -0.114. The summed E-state index contributed by atoms with van der Waals surface area (Å²) in [4.78, 5) is 41.8. The summed E-state index contributed by atoms with van der Waals surface area (Å²) in [5, 5.41) is 5.93. The van der Waals surface area contributed by atoms with Crippen molar-refractivity contribution in [2.75, 3.05) is 41.7 Å². The number of likely N-dealkylation sites (tertiary alicyclic amines) is 1. The molecule has 3 aromatic carbocycles. The van der Waals surface area contributed by atoms with Crippen molar-refractivity contribution in [3.8, 4) is 0 Å². The molecule has 2 N–H and O–H groups in total. The number of carbonyl (C=O) groups is 3. The van der Waals surface area contributed by atoms with Crippen molar-refractivity contribution in [1.82, 2.24) is 4.90 Å². The van der Waals surface area contributed by atoms with Gasteiger partial charge in [0.15, 0.2) is 0 Å². The van der Waals surface area contributed by atoms with Gasteiger partial charge in [0.25, 0.3) is 11.8 Å². The van der Waals surface area contributed by atoms with Crippen LogP contribution in [0.5, 0.6) is 0 Å². The molecule has 0 spiro atoms. The molecule has 3 aromatic rings. The van der Waals surface area contributed by atoms with Crippen LogP contribution in [0.2, 0.25) is 0 Å². The van der Waals surface area contributed by atoms with E-state index in [1.165, 1.54) is 6.42 Å². The van der Waals surface area contributed by atoms with E-state index in [1.807, 2.05) is 54.3 Å². The monoisotopic (exact) mass is 484 g/mol. The van der Waals surface area contributed by atoms with Gasteiger partial charge in [0.1, 0.15) is 0 Å². The van der Waals surface area contributed by atoms with Crippen molar-refractivity contribution in [2.45, 2.75) is 26.2 Å². The first-order valence-electron chi connectivity index (χ1n) is 12.4. The minimum Gasteiger partial charge on any atom is -0.376 e. The molecule has 0 saturated carbocycles. The van der Waals surface area contributed by atoms with Gasteiger partial charge in [0, 0.05) is 47.8 Å². The maximum Gasteiger partial charge on any atom is 0.258 e. The summed E-state index contributed by atoms with van der Waals surface area (Å²) < 4.78 is 0. The molecule has 186 valence electrons. The Morgan fingerprint density at radius 1 is 0.806 bits per heavy atom. The van der Waals surface area contributed by atoms with Crippen LogP contribution < -0.4 is 15.5 Å². The van der Waals surface area contributed by atoms with Crippen LogP contribution in [0.4, 0.5) is 17.1 Å². The van der Waals surface area contributed by atoms with E-state index in [0.717, 1.165) is 37.3 Å². The minimum atomic E-state index is -0.233. The zero-order chi connectivity index (χ0) is 25.3. The average Bonchev–Trinajstić information content (AvgIpc) is 2.93. The summed E-state index contributed by atoms with van der Waals surface area (Å²) in [5.74, 6) is -0.303. The molecule has 0 atom stereocenters. The smallest absolute Gasteiger partial charge is 0.258 e. The highest BCUT2D eigenvalue weighted by atomic mass is 16.2. The van der Waals surface area contributed by atoms with Crippen LogP contribution in [0.1, 0.15) is 46.9 Å². The number of piperidine rings is 1. The number of anilines is 3. The molecule has 1 heterocycles. The largest absolute Gasteiger partial charge is 0.376 e. The second-order valence-corrected chi connectivity index (χ2v) is 8.80. The fourth-order valence-electron chi connectivity index (χ4n) is 4.33. The second-order valence-electron chi connectivity index (χ2n) is 8.80. The van der Waals surface area contributed by atoms with Gasteiger partial charge >= 0.3 is 0 Å². The molecule has 4 rings (SSSR count). The molecule has 36 heavy (non-hydrogen) atoms. The molecule has 1 fully saturated rings. The predicted molar refractivity (Wildman–Crippen MR) is 144 cm³/mol. The first-order valence-corrected chi connectivity index (χ1v) is 12.4. The van der Waals surface area contributed by atoms with Gasteiger partial charge in [0.2, 0.25) is 5.91 Å². The molecule has 7 nitrogen and oxygen atoms in total. The van der Waals surface area contributed by atoms with Gasteiger partial charge < -0.3 is 20.4 Å². The third-order valence-electron chi connectivity index (χ3n) is 6.25. The molecule has 1 aliphatic rings. The van der Waals surface area contributed by atoms with E-state index in [4.69, 9.17) is 0 Å². The van der Waals surface area contributed by atoms with Gasteiger partial charge in [-0.15, -0.1) is 0 Å². The van der Waals surface area contributed by atoms with Crippen molar-refractivity contribution in [3.63, 3.8) is 0 Å². The fraction of sp³-hybridized carbons (Fsp3) is 0.276. The maximum absolute atomic E-state index is 13.1. The van der Waals surface area contributed by atoms with Crippen molar-refractivity contribution in [1.29, 1.82) is 0 Å². The van der Waals surface area contributed by atoms with Crippen molar-refractivity contribution in [2.24, 2.45) is 0 Å². The Kier molecular flexibility index (Phi) is 8.34. The molecular weight excluding hydrogens is 452 g/mol. The number of hydrogen-bond acceptors (Lipinski definition) is 4.